The molecular weight excluding hydrogens is 535 g/mol. The minimum absolute atomic E-state index is 0. The van der Waals surface area contributed by atoms with Crippen molar-refractivity contribution in [3.8, 4) is 5.75 Å². The highest BCUT2D eigenvalue weighted by Gasteiger charge is 2.23. The van der Waals surface area contributed by atoms with E-state index in [1.807, 2.05) is 31.2 Å². The van der Waals surface area contributed by atoms with Crippen molar-refractivity contribution in [3.63, 3.8) is 0 Å². The smallest absolute Gasteiger partial charge is 0.220 e. The standard InChI is InChI=1S/C20H31BrN4O2.HI/c1-4-23-20(25-11-9-16(10-12-25)13-19(26)22-3)24-14-15(2)27-18-8-6-5-7-17(18)21;/h5-8,15-16H,4,9-14H2,1-3H3,(H,22,26)(H,23,24);1H. The van der Waals surface area contributed by atoms with Crippen molar-refractivity contribution in [2.24, 2.45) is 10.9 Å². The lowest BCUT2D eigenvalue weighted by molar-refractivity contribution is -0.121. The average Bonchev–Trinajstić information content (AvgIpc) is 2.67. The van der Waals surface area contributed by atoms with Gasteiger partial charge >= 0.3 is 0 Å². The van der Waals surface area contributed by atoms with E-state index in [2.05, 4.69) is 38.4 Å². The Morgan fingerprint density at radius 1 is 1.36 bits per heavy atom. The predicted molar refractivity (Wildman–Crippen MR) is 129 cm³/mol. The van der Waals surface area contributed by atoms with E-state index < -0.39 is 0 Å². The van der Waals surface area contributed by atoms with E-state index in [1.165, 1.54) is 0 Å². The normalized spacial score (nSPS) is 16.1. The first kappa shape index (κ1) is 25.0. The quantitative estimate of drug-likeness (QED) is 0.300. The highest BCUT2D eigenvalue weighted by Crippen LogP contribution is 2.25. The lowest BCUT2D eigenvalue weighted by Gasteiger charge is -2.34. The number of hydrogen-bond acceptors (Lipinski definition) is 3. The van der Waals surface area contributed by atoms with E-state index >= 15 is 0 Å². The van der Waals surface area contributed by atoms with Gasteiger partial charge in [-0.05, 0) is 60.7 Å². The maximum absolute atomic E-state index is 11.6. The second-order valence-corrected chi connectivity index (χ2v) is 7.72. The third kappa shape index (κ3) is 8.14. The number of amides is 1. The number of carbonyl (C=O) groups excluding carboxylic acids is 1. The average molecular weight is 567 g/mol. The van der Waals surface area contributed by atoms with Gasteiger partial charge < -0.3 is 20.3 Å². The van der Waals surface area contributed by atoms with Gasteiger partial charge in [-0.25, -0.2) is 4.99 Å². The molecule has 28 heavy (non-hydrogen) atoms. The molecule has 1 saturated heterocycles. The van der Waals surface area contributed by atoms with Gasteiger partial charge in [-0.2, -0.15) is 0 Å². The minimum atomic E-state index is -0.0249. The summed E-state index contributed by atoms with van der Waals surface area (Å²) in [5.41, 5.74) is 0. The summed E-state index contributed by atoms with van der Waals surface area (Å²) in [5, 5.41) is 6.10. The molecule has 1 fully saturated rings. The summed E-state index contributed by atoms with van der Waals surface area (Å²) in [6.07, 6.45) is 2.62. The van der Waals surface area contributed by atoms with Crippen LogP contribution in [0.15, 0.2) is 33.7 Å². The first-order chi connectivity index (χ1) is 13.0. The third-order valence-corrected chi connectivity index (χ3v) is 5.32. The molecule has 1 amide bonds. The molecule has 0 bridgehead atoms. The van der Waals surface area contributed by atoms with Gasteiger partial charge in [-0.1, -0.05) is 12.1 Å². The molecule has 1 aliphatic rings. The number of nitrogens with one attached hydrogen (secondary N) is 2. The zero-order valence-electron chi connectivity index (χ0n) is 16.9. The van der Waals surface area contributed by atoms with Crippen molar-refractivity contribution in [1.82, 2.24) is 15.5 Å². The van der Waals surface area contributed by atoms with Gasteiger partial charge in [0.2, 0.25) is 5.91 Å². The SMILES string of the molecule is CCNC(=NCC(C)Oc1ccccc1Br)N1CCC(CC(=O)NC)CC1.I. The third-order valence-electron chi connectivity index (χ3n) is 4.66. The van der Waals surface area contributed by atoms with Gasteiger partial charge in [0.1, 0.15) is 11.9 Å². The molecule has 1 aromatic carbocycles. The number of benzene rings is 1. The van der Waals surface area contributed by atoms with Crippen molar-refractivity contribution in [2.45, 2.75) is 39.2 Å². The van der Waals surface area contributed by atoms with E-state index in [0.29, 0.717) is 18.9 Å². The van der Waals surface area contributed by atoms with Gasteiger partial charge in [0, 0.05) is 33.1 Å². The lowest BCUT2D eigenvalue weighted by atomic mass is 9.93. The highest BCUT2D eigenvalue weighted by atomic mass is 127. The van der Waals surface area contributed by atoms with Crippen molar-refractivity contribution in [3.05, 3.63) is 28.7 Å². The molecule has 1 aliphatic heterocycles. The monoisotopic (exact) mass is 566 g/mol. The summed E-state index contributed by atoms with van der Waals surface area (Å²) in [7, 11) is 1.70. The Balaban J connectivity index is 0.00000392. The van der Waals surface area contributed by atoms with Gasteiger partial charge in [0.15, 0.2) is 5.96 Å². The maximum Gasteiger partial charge on any atom is 0.220 e. The summed E-state index contributed by atoms with van der Waals surface area (Å²) in [5.74, 6) is 2.35. The summed E-state index contributed by atoms with van der Waals surface area (Å²) < 4.78 is 6.94. The van der Waals surface area contributed by atoms with Crippen molar-refractivity contribution < 1.29 is 9.53 Å². The van der Waals surface area contributed by atoms with E-state index in [4.69, 9.17) is 9.73 Å². The summed E-state index contributed by atoms with van der Waals surface area (Å²) in [4.78, 5) is 18.6. The molecule has 1 atom stereocenters. The molecule has 1 unspecified atom stereocenters. The van der Waals surface area contributed by atoms with Gasteiger partial charge in [-0.15, -0.1) is 24.0 Å². The fourth-order valence-electron chi connectivity index (χ4n) is 3.15. The molecule has 1 heterocycles. The van der Waals surface area contributed by atoms with Crippen LogP contribution in [-0.4, -0.2) is 56.1 Å². The van der Waals surface area contributed by atoms with Crippen LogP contribution < -0.4 is 15.4 Å². The van der Waals surface area contributed by atoms with E-state index in [1.54, 1.807) is 7.05 Å². The first-order valence-corrected chi connectivity index (χ1v) is 10.5. The van der Waals surface area contributed by atoms with Crippen LogP contribution in [0.5, 0.6) is 5.75 Å². The molecule has 158 valence electrons. The largest absolute Gasteiger partial charge is 0.488 e. The molecule has 0 aliphatic carbocycles. The summed E-state index contributed by atoms with van der Waals surface area (Å²) in [6, 6.07) is 7.85. The lowest BCUT2D eigenvalue weighted by Crippen LogP contribution is -2.46. The molecule has 0 radical (unpaired) electrons. The fourth-order valence-corrected chi connectivity index (χ4v) is 3.53. The molecule has 0 aromatic heterocycles. The molecule has 2 rings (SSSR count). The van der Waals surface area contributed by atoms with Crippen LogP contribution in [0.2, 0.25) is 0 Å². The summed E-state index contributed by atoms with van der Waals surface area (Å²) >= 11 is 3.51. The van der Waals surface area contributed by atoms with Crippen LogP contribution in [0, 0.1) is 5.92 Å². The molecule has 8 heteroatoms. The predicted octanol–water partition coefficient (Wildman–Crippen LogP) is 3.65. The van der Waals surface area contributed by atoms with E-state index in [0.717, 1.165) is 48.7 Å². The second-order valence-electron chi connectivity index (χ2n) is 6.86. The van der Waals surface area contributed by atoms with Crippen LogP contribution in [0.1, 0.15) is 33.1 Å². The number of guanidine groups is 1. The minimum Gasteiger partial charge on any atom is -0.488 e. The molecule has 2 N–H and O–H groups in total. The van der Waals surface area contributed by atoms with Crippen molar-refractivity contribution in [2.75, 3.05) is 33.2 Å². The number of nitrogens with zero attached hydrogens (tertiary/aromatic N) is 2. The number of rotatable bonds is 7. The van der Waals surface area contributed by atoms with E-state index in [-0.39, 0.29) is 36.0 Å². The highest BCUT2D eigenvalue weighted by molar-refractivity contribution is 14.0. The molecule has 0 saturated carbocycles. The van der Waals surface area contributed by atoms with Gasteiger partial charge in [0.25, 0.3) is 0 Å². The van der Waals surface area contributed by atoms with Crippen LogP contribution in [0.25, 0.3) is 0 Å². The Kier molecular flexibility index (Phi) is 11.8. The van der Waals surface area contributed by atoms with Crippen LogP contribution >= 0.6 is 39.9 Å². The molecule has 0 spiro atoms. The Morgan fingerprint density at radius 2 is 2.04 bits per heavy atom. The maximum atomic E-state index is 11.6. The fraction of sp³-hybridized carbons (Fsp3) is 0.600. The number of hydrogen-bond donors (Lipinski definition) is 2. The topological polar surface area (TPSA) is 66.0 Å². The van der Waals surface area contributed by atoms with Crippen LogP contribution in [0.4, 0.5) is 0 Å². The summed E-state index contributed by atoms with van der Waals surface area (Å²) in [6.45, 7) is 7.37. The molecule has 1 aromatic rings. The number of aliphatic imine (C=N–C) groups is 1. The number of piperidine rings is 1. The van der Waals surface area contributed by atoms with E-state index in [9.17, 15) is 4.79 Å². The van der Waals surface area contributed by atoms with Crippen molar-refractivity contribution in [1.29, 1.82) is 0 Å². The second kappa shape index (κ2) is 13.2. The first-order valence-electron chi connectivity index (χ1n) is 9.68. The Hall–Kier alpha value is -1.03. The molecular formula is C20H32BrIN4O2. The Morgan fingerprint density at radius 3 is 2.64 bits per heavy atom. The van der Waals surface area contributed by atoms with Crippen LogP contribution in [-0.2, 0) is 4.79 Å². The Labute approximate surface area is 194 Å². The number of para-hydroxylation sites is 1. The Bertz CT molecular complexity index is 636. The van der Waals surface area contributed by atoms with Crippen molar-refractivity contribution >= 4 is 51.8 Å². The molecule has 6 nitrogen and oxygen atoms in total. The zero-order valence-corrected chi connectivity index (χ0v) is 20.8. The number of carbonyl (C=O) groups is 1. The van der Waals surface area contributed by atoms with Gasteiger partial charge in [-0.3, -0.25) is 4.79 Å². The number of ether oxygens (including phenoxy) is 1. The van der Waals surface area contributed by atoms with Gasteiger partial charge in [0.05, 0.1) is 11.0 Å². The number of halogens is 2. The van der Waals surface area contributed by atoms with Crippen LogP contribution in [0.3, 0.4) is 0 Å². The zero-order chi connectivity index (χ0) is 19.6. The number of likely N-dealkylation sites (tertiary alicyclic amines) is 1.